The summed E-state index contributed by atoms with van der Waals surface area (Å²) in [5.41, 5.74) is 1.36. The maximum Gasteiger partial charge on any atom is 0.0615 e. The summed E-state index contributed by atoms with van der Waals surface area (Å²) in [5.74, 6) is 0.493. The number of rotatable bonds is 3. The first-order chi connectivity index (χ1) is 7.19. The average molecular weight is 245 g/mol. The number of hydrogen-bond acceptors (Lipinski definition) is 2. The van der Waals surface area contributed by atoms with Crippen LogP contribution in [0, 0.1) is 0 Å². The molecule has 0 atom stereocenters. The van der Waals surface area contributed by atoms with Crippen molar-refractivity contribution in [1.29, 1.82) is 0 Å². The van der Waals surface area contributed by atoms with Crippen molar-refractivity contribution in [3.63, 3.8) is 0 Å². The van der Waals surface area contributed by atoms with Crippen LogP contribution < -0.4 is 5.32 Å². The summed E-state index contributed by atoms with van der Waals surface area (Å²) in [6.45, 7) is 13.1. The molecule has 0 spiro atoms. The summed E-state index contributed by atoms with van der Waals surface area (Å²) >= 11 is 5.77. The van der Waals surface area contributed by atoms with E-state index in [4.69, 9.17) is 11.6 Å². The van der Waals surface area contributed by atoms with E-state index in [0.29, 0.717) is 11.9 Å². The van der Waals surface area contributed by atoms with Crippen LogP contribution in [0.25, 0.3) is 0 Å². The molecule has 0 radical (unpaired) electrons. The maximum absolute atomic E-state index is 5.77. The zero-order valence-electron chi connectivity index (χ0n) is 11.2. The summed E-state index contributed by atoms with van der Waals surface area (Å²) in [6, 6.07) is 0.479. The molecule has 1 fully saturated rings. The molecule has 1 aliphatic heterocycles. The Labute approximate surface area is 105 Å². The van der Waals surface area contributed by atoms with Crippen molar-refractivity contribution in [2.75, 3.05) is 12.9 Å². The van der Waals surface area contributed by atoms with Crippen molar-refractivity contribution in [3.05, 3.63) is 12.3 Å². The van der Waals surface area contributed by atoms with E-state index >= 15 is 0 Å². The molecule has 1 aliphatic rings. The minimum Gasteiger partial charge on any atom is -0.385 e. The molecule has 0 aromatic rings. The second-order valence-corrected chi connectivity index (χ2v) is 6.44. The molecule has 0 aromatic heterocycles. The molecule has 0 saturated carbocycles. The smallest absolute Gasteiger partial charge is 0.0615 e. The van der Waals surface area contributed by atoms with Crippen LogP contribution in [-0.2, 0) is 0 Å². The summed E-state index contributed by atoms with van der Waals surface area (Å²) < 4.78 is 0. The highest BCUT2D eigenvalue weighted by Gasteiger charge is 2.42. The zero-order chi connectivity index (χ0) is 12.6. The van der Waals surface area contributed by atoms with Gasteiger partial charge < -0.3 is 5.32 Å². The fraction of sp³-hybridized carbons (Fsp3) is 0.846. The van der Waals surface area contributed by atoms with Crippen molar-refractivity contribution in [2.24, 2.45) is 0 Å². The highest BCUT2D eigenvalue weighted by Crippen LogP contribution is 2.36. The van der Waals surface area contributed by atoms with Gasteiger partial charge in [0.05, 0.1) is 5.88 Å². The molecule has 1 rings (SSSR count). The van der Waals surface area contributed by atoms with Gasteiger partial charge in [0.1, 0.15) is 0 Å². The Morgan fingerprint density at radius 1 is 1.31 bits per heavy atom. The largest absolute Gasteiger partial charge is 0.385 e. The van der Waals surface area contributed by atoms with E-state index < -0.39 is 0 Å². The Hall–Kier alpha value is -0.210. The Morgan fingerprint density at radius 3 is 2.12 bits per heavy atom. The Bertz CT molecular complexity index is 253. The topological polar surface area (TPSA) is 15.3 Å². The van der Waals surface area contributed by atoms with E-state index in [1.54, 1.807) is 0 Å². The van der Waals surface area contributed by atoms with Crippen LogP contribution in [0.3, 0.4) is 0 Å². The van der Waals surface area contributed by atoms with Gasteiger partial charge in [-0.2, -0.15) is 0 Å². The molecule has 0 unspecified atom stereocenters. The van der Waals surface area contributed by atoms with Gasteiger partial charge >= 0.3 is 0 Å². The minimum absolute atomic E-state index is 0.214. The Balaban J connectivity index is 2.75. The quantitative estimate of drug-likeness (QED) is 0.768. The van der Waals surface area contributed by atoms with Crippen LogP contribution in [0.4, 0.5) is 0 Å². The van der Waals surface area contributed by atoms with E-state index in [9.17, 15) is 0 Å². The summed E-state index contributed by atoms with van der Waals surface area (Å²) in [6.07, 6.45) is 2.26. The monoisotopic (exact) mass is 244 g/mol. The molecule has 0 amide bonds. The lowest BCUT2D eigenvalue weighted by molar-refractivity contribution is -0.0162. The molecule has 0 aliphatic carbocycles. The third-order valence-corrected chi connectivity index (χ3v) is 4.20. The Kier molecular flexibility index (Phi) is 3.96. The van der Waals surface area contributed by atoms with Gasteiger partial charge in [-0.25, -0.2) is 0 Å². The van der Waals surface area contributed by atoms with E-state index in [1.807, 2.05) is 0 Å². The zero-order valence-corrected chi connectivity index (χ0v) is 12.0. The first kappa shape index (κ1) is 13.9. The molecular formula is C13H25ClN2. The number of allylic oxidation sites excluding steroid dienone is 1. The van der Waals surface area contributed by atoms with Gasteiger partial charge in [-0.15, -0.1) is 11.6 Å². The van der Waals surface area contributed by atoms with E-state index in [2.05, 4.69) is 51.5 Å². The van der Waals surface area contributed by atoms with Crippen molar-refractivity contribution in [3.8, 4) is 0 Å². The predicted octanol–water partition coefficient (Wildman–Crippen LogP) is 2.98. The highest BCUT2D eigenvalue weighted by molar-refractivity contribution is 6.19. The lowest BCUT2D eigenvalue weighted by atomic mass is 9.77. The fourth-order valence-corrected chi connectivity index (χ4v) is 2.88. The van der Waals surface area contributed by atoms with Crippen LogP contribution >= 0.6 is 11.6 Å². The third kappa shape index (κ3) is 2.92. The molecule has 0 bridgehead atoms. The predicted molar refractivity (Wildman–Crippen MR) is 71.9 cm³/mol. The first-order valence-corrected chi connectivity index (χ1v) is 6.47. The molecule has 16 heavy (non-hydrogen) atoms. The Morgan fingerprint density at radius 2 is 1.75 bits per heavy atom. The van der Waals surface area contributed by atoms with E-state index in [1.165, 1.54) is 0 Å². The number of hydrogen-bond donors (Lipinski definition) is 1. The van der Waals surface area contributed by atoms with Gasteiger partial charge in [-0.05, 0) is 47.6 Å². The van der Waals surface area contributed by atoms with Crippen LogP contribution in [0.5, 0.6) is 0 Å². The maximum atomic E-state index is 5.77. The van der Waals surface area contributed by atoms with Gasteiger partial charge in [-0.1, -0.05) is 6.58 Å². The second-order valence-electron chi connectivity index (χ2n) is 6.17. The third-order valence-electron chi connectivity index (χ3n) is 3.88. The molecule has 0 aromatic carbocycles. The van der Waals surface area contributed by atoms with Crippen LogP contribution in [0.15, 0.2) is 12.3 Å². The van der Waals surface area contributed by atoms with E-state index in [-0.39, 0.29) is 11.1 Å². The van der Waals surface area contributed by atoms with Gasteiger partial charge in [0, 0.05) is 22.8 Å². The number of nitrogens with one attached hydrogen (secondary N) is 1. The number of alkyl halides is 1. The second kappa shape index (κ2) is 4.58. The lowest BCUT2D eigenvalue weighted by Gasteiger charge is -2.54. The SMILES string of the molecule is C=C(CCl)NC1CC(C)(C)N(C)C(C)(C)C1. The van der Waals surface area contributed by atoms with Gasteiger partial charge in [-0.3, -0.25) is 4.90 Å². The van der Waals surface area contributed by atoms with Crippen molar-refractivity contribution in [1.82, 2.24) is 10.2 Å². The van der Waals surface area contributed by atoms with Gasteiger partial charge in [0.2, 0.25) is 0 Å². The molecule has 2 nitrogen and oxygen atoms in total. The number of likely N-dealkylation sites (tertiary alicyclic amines) is 1. The van der Waals surface area contributed by atoms with Crippen molar-refractivity contribution in [2.45, 2.75) is 57.7 Å². The highest BCUT2D eigenvalue weighted by atomic mass is 35.5. The van der Waals surface area contributed by atoms with Gasteiger partial charge in [0.25, 0.3) is 0 Å². The molecule has 1 heterocycles. The van der Waals surface area contributed by atoms with E-state index in [0.717, 1.165) is 18.5 Å². The molecule has 94 valence electrons. The van der Waals surface area contributed by atoms with Crippen LogP contribution in [-0.4, -0.2) is 34.9 Å². The first-order valence-electron chi connectivity index (χ1n) is 5.93. The van der Waals surface area contributed by atoms with Gasteiger partial charge in [0.15, 0.2) is 0 Å². The molecule has 3 heteroatoms. The normalized spacial score (nSPS) is 25.4. The molecule has 1 saturated heterocycles. The number of piperidine rings is 1. The molecule has 1 N–H and O–H groups in total. The standard InChI is InChI=1S/C13H25ClN2/c1-10(9-14)15-11-7-12(2,3)16(6)13(4,5)8-11/h11,15H,1,7-9H2,2-6H3. The van der Waals surface area contributed by atoms with Crippen molar-refractivity contribution >= 4 is 11.6 Å². The fourth-order valence-electron chi connectivity index (χ4n) is 2.80. The number of nitrogens with zero attached hydrogens (tertiary/aromatic N) is 1. The number of halogens is 1. The average Bonchev–Trinajstić information content (AvgIpc) is 2.13. The summed E-state index contributed by atoms with van der Waals surface area (Å²) in [4.78, 5) is 2.47. The minimum atomic E-state index is 0.214. The lowest BCUT2D eigenvalue weighted by Crippen LogP contribution is -2.62. The molecular weight excluding hydrogens is 220 g/mol. The summed E-state index contributed by atoms with van der Waals surface area (Å²) in [5, 5.41) is 3.45. The van der Waals surface area contributed by atoms with Crippen LogP contribution in [0.1, 0.15) is 40.5 Å². The summed E-state index contributed by atoms with van der Waals surface area (Å²) in [7, 11) is 2.21. The van der Waals surface area contributed by atoms with Crippen molar-refractivity contribution < 1.29 is 0 Å². The van der Waals surface area contributed by atoms with Crippen LogP contribution in [0.2, 0.25) is 0 Å².